The summed E-state index contributed by atoms with van der Waals surface area (Å²) < 4.78 is 0. The van der Waals surface area contributed by atoms with Crippen LogP contribution in [-0.2, 0) is 4.79 Å². The lowest BCUT2D eigenvalue weighted by Gasteiger charge is -2.09. The van der Waals surface area contributed by atoms with E-state index in [1.54, 1.807) is 0 Å². The van der Waals surface area contributed by atoms with Crippen LogP contribution in [0.5, 0.6) is 0 Å². The topological polar surface area (TPSA) is 101 Å². The minimum absolute atomic E-state index is 0.116. The molecular formula is C14H15N3O4. The lowest BCUT2D eigenvalue weighted by Crippen LogP contribution is -2.42. The number of rotatable bonds is 4. The predicted octanol–water partition coefficient (Wildman–Crippen LogP) is 1.71. The number of nitro benzene ring substituents is 1. The lowest BCUT2D eigenvalue weighted by molar-refractivity contribution is -0.384. The van der Waals surface area contributed by atoms with Gasteiger partial charge in [-0.3, -0.25) is 30.6 Å². The van der Waals surface area contributed by atoms with Gasteiger partial charge >= 0.3 is 0 Å². The minimum atomic E-state index is -0.589. The van der Waals surface area contributed by atoms with Gasteiger partial charge in [-0.05, 0) is 24.8 Å². The summed E-state index contributed by atoms with van der Waals surface area (Å²) in [6.45, 7) is 0. The highest BCUT2D eigenvalue weighted by Gasteiger charge is 2.15. The summed E-state index contributed by atoms with van der Waals surface area (Å²) in [4.78, 5) is 33.5. The van der Waals surface area contributed by atoms with Crippen LogP contribution in [0.2, 0.25) is 0 Å². The zero-order chi connectivity index (χ0) is 15.2. The zero-order valence-corrected chi connectivity index (χ0v) is 11.2. The van der Waals surface area contributed by atoms with Crippen molar-refractivity contribution in [3.63, 3.8) is 0 Å². The Morgan fingerprint density at radius 3 is 2.81 bits per heavy atom. The number of hydrogen-bond acceptors (Lipinski definition) is 4. The fourth-order valence-corrected chi connectivity index (χ4v) is 2.11. The first kappa shape index (κ1) is 14.7. The van der Waals surface area contributed by atoms with Crippen LogP contribution in [0.4, 0.5) is 5.69 Å². The molecule has 1 aliphatic rings. The molecule has 0 bridgehead atoms. The van der Waals surface area contributed by atoms with Gasteiger partial charge in [0.1, 0.15) is 0 Å². The van der Waals surface area contributed by atoms with Crippen LogP contribution in [0.3, 0.4) is 0 Å². The molecule has 1 aromatic carbocycles. The van der Waals surface area contributed by atoms with Crippen LogP contribution < -0.4 is 10.9 Å². The molecule has 0 saturated carbocycles. The highest BCUT2D eigenvalue weighted by molar-refractivity contribution is 5.95. The SMILES string of the molecule is O=C(C[C@@H]1C=CCC1)NNC(=O)c1cccc([N+](=O)[O-])c1. The second-order valence-corrected chi connectivity index (χ2v) is 4.78. The molecule has 21 heavy (non-hydrogen) atoms. The van der Waals surface area contributed by atoms with Gasteiger partial charge in [0, 0.05) is 24.1 Å². The summed E-state index contributed by atoms with van der Waals surface area (Å²) >= 11 is 0. The largest absolute Gasteiger partial charge is 0.273 e. The van der Waals surface area contributed by atoms with Gasteiger partial charge in [0.15, 0.2) is 0 Å². The van der Waals surface area contributed by atoms with E-state index in [-0.39, 0.29) is 23.1 Å². The van der Waals surface area contributed by atoms with E-state index in [1.807, 2.05) is 12.2 Å². The molecule has 0 aliphatic heterocycles. The number of hydrogen-bond donors (Lipinski definition) is 2. The smallest absolute Gasteiger partial charge is 0.270 e. The maximum Gasteiger partial charge on any atom is 0.270 e. The Kier molecular flexibility index (Phi) is 4.65. The van der Waals surface area contributed by atoms with Crippen molar-refractivity contribution < 1.29 is 14.5 Å². The van der Waals surface area contributed by atoms with Crippen LogP contribution in [-0.4, -0.2) is 16.7 Å². The van der Waals surface area contributed by atoms with Crippen LogP contribution in [0, 0.1) is 16.0 Å². The molecule has 7 heteroatoms. The molecule has 0 spiro atoms. The maximum atomic E-state index is 11.8. The highest BCUT2D eigenvalue weighted by atomic mass is 16.6. The molecule has 110 valence electrons. The molecule has 2 amide bonds. The lowest BCUT2D eigenvalue weighted by atomic mass is 10.1. The van der Waals surface area contributed by atoms with Crippen LogP contribution in [0.25, 0.3) is 0 Å². The number of benzene rings is 1. The molecule has 0 heterocycles. The number of hydrazine groups is 1. The Balaban J connectivity index is 1.86. The van der Waals surface area contributed by atoms with Crippen molar-refractivity contribution >= 4 is 17.5 Å². The number of allylic oxidation sites excluding steroid dienone is 2. The summed E-state index contributed by atoms with van der Waals surface area (Å²) in [5, 5.41) is 10.6. The molecule has 0 saturated heterocycles. The number of amides is 2. The molecule has 0 aromatic heterocycles. The molecule has 7 nitrogen and oxygen atoms in total. The molecule has 0 fully saturated rings. The van der Waals surface area contributed by atoms with E-state index < -0.39 is 10.8 Å². The number of nitrogens with one attached hydrogen (secondary N) is 2. The van der Waals surface area contributed by atoms with Crippen molar-refractivity contribution in [1.29, 1.82) is 0 Å². The molecular weight excluding hydrogens is 274 g/mol. The van der Waals surface area contributed by atoms with E-state index in [2.05, 4.69) is 10.9 Å². The second kappa shape index (κ2) is 6.65. The quantitative estimate of drug-likeness (QED) is 0.500. The van der Waals surface area contributed by atoms with Gasteiger partial charge in [-0.2, -0.15) is 0 Å². The van der Waals surface area contributed by atoms with Crippen LogP contribution in [0.1, 0.15) is 29.6 Å². The van der Waals surface area contributed by atoms with Gasteiger partial charge in [0.25, 0.3) is 11.6 Å². The van der Waals surface area contributed by atoms with Crippen molar-refractivity contribution in [1.82, 2.24) is 10.9 Å². The Morgan fingerprint density at radius 1 is 1.33 bits per heavy atom. The summed E-state index contributed by atoms with van der Waals surface area (Å²) in [5.74, 6) is -0.668. The van der Waals surface area contributed by atoms with Gasteiger partial charge in [-0.25, -0.2) is 0 Å². The van der Waals surface area contributed by atoms with Crippen molar-refractivity contribution in [2.24, 2.45) is 5.92 Å². The van der Waals surface area contributed by atoms with E-state index in [4.69, 9.17) is 0 Å². The van der Waals surface area contributed by atoms with E-state index in [1.165, 1.54) is 18.2 Å². The van der Waals surface area contributed by atoms with E-state index in [0.29, 0.717) is 6.42 Å². The standard InChI is InChI=1S/C14H15N3O4/c18-13(8-10-4-1-2-5-10)15-16-14(19)11-6-3-7-12(9-11)17(20)21/h1,3-4,6-7,9-10H,2,5,8H2,(H,15,18)(H,16,19)/t10-/m1/s1. The molecule has 0 radical (unpaired) electrons. The Labute approximate surface area is 121 Å². The minimum Gasteiger partial charge on any atom is -0.273 e. The third kappa shape index (κ3) is 4.13. The van der Waals surface area contributed by atoms with Gasteiger partial charge < -0.3 is 0 Å². The van der Waals surface area contributed by atoms with Gasteiger partial charge in [0.2, 0.25) is 5.91 Å². The van der Waals surface area contributed by atoms with Crippen molar-refractivity contribution in [3.8, 4) is 0 Å². The van der Waals surface area contributed by atoms with Crippen molar-refractivity contribution in [3.05, 3.63) is 52.1 Å². The average molecular weight is 289 g/mol. The second-order valence-electron chi connectivity index (χ2n) is 4.78. The molecule has 1 aromatic rings. The van der Waals surface area contributed by atoms with E-state index in [9.17, 15) is 19.7 Å². The number of nitro groups is 1. The van der Waals surface area contributed by atoms with E-state index in [0.717, 1.165) is 18.9 Å². The highest BCUT2D eigenvalue weighted by Crippen LogP contribution is 2.19. The molecule has 1 aliphatic carbocycles. The van der Waals surface area contributed by atoms with Gasteiger partial charge in [-0.15, -0.1) is 0 Å². The van der Waals surface area contributed by atoms with Crippen molar-refractivity contribution in [2.75, 3.05) is 0 Å². The zero-order valence-electron chi connectivity index (χ0n) is 11.2. The number of nitrogens with zero attached hydrogens (tertiary/aromatic N) is 1. The first-order valence-electron chi connectivity index (χ1n) is 6.56. The molecule has 2 rings (SSSR count). The number of non-ortho nitro benzene ring substituents is 1. The normalized spacial score (nSPS) is 16.5. The number of carbonyl (C=O) groups is 2. The summed E-state index contributed by atoms with van der Waals surface area (Å²) in [5.41, 5.74) is 4.51. The molecule has 2 N–H and O–H groups in total. The number of carbonyl (C=O) groups excluding carboxylic acids is 2. The van der Waals surface area contributed by atoms with Crippen LogP contribution in [0.15, 0.2) is 36.4 Å². The van der Waals surface area contributed by atoms with Crippen LogP contribution >= 0.6 is 0 Å². The summed E-state index contributed by atoms with van der Waals surface area (Å²) in [6.07, 6.45) is 6.23. The fourth-order valence-electron chi connectivity index (χ4n) is 2.11. The van der Waals surface area contributed by atoms with Crippen molar-refractivity contribution in [2.45, 2.75) is 19.3 Å². The Hall–Kier alpha value is -2.70. The third-order valence-electron chi connectivity index (χ3n) is 3.19. The summed E-state index contributed by atoms with van der Waals surface area (Å²) in [7, 11) is 0. The monoisotopic (exact) mass is 289 g/mol. The Bertz CT molecular complexity index is 598. The predicted molar refractivity (Wildman–Crippen MR) is 75.2 cm³/mol. The fraction of sp³-hybridized carbons (Fsp3) is 0.286. The van der Waals surface area contributed by atoms with E-state index >= 15 is 0 Å². The first-order chi connectivity index (χ1) is 10.1. The molecule has 1 atom stereocenters. The Morgan fingerprint density at radius 2 is 2.14 bits per heavy atom. The maximum absolute atomic E-state index is 11.8. The molecule has 0 unspecified atom stereocenters. The first-order valence-corrected chi connectivity index (χ1v) is 6.56. The van der Waals surface area contributed by atoms with Gasteiger partial charge in [-0.1, -0.05) is 18.2 Å². The summed E-state index contributed by atoms with van der Waals surface area (Å²) in [6, 6.07) is 5.30. The average Bonchev–Trinajstić information content (AvgIpc) is 2.97. The third-order valence-corrected chi connectivity index (χ3v) is 3.19. The van der Waals surface area contributed by atoms with Gasteiger partial charge in [0.05, 0.1) is 4.92 Å².